The molecule has 0 aliphatic rings. The number of pyridine rings is 1. The molecule has 152 valence electrons. The van der Waals surface area contributed by atoms with Gasteiger partial charge < -0.3 is 0 Å². The van der Waals surface area contributed by atoms with Crippen LogP contribution in [0.4, 0.5) is 5.82 Å². The predicted molar refractivity (Wildman–Crippen MR) is 123 cm³/mol. The van der Waals surface area contributed by atoms with E-state index in [1.165, 1.54) is 4.31 Å². The number of anilines is 1. The third-order valence-corrected chi connectivity index (χ3v) is 7.21. The van der Waals surface area contributed by atoms with Crippen molar-refractivity contribution >= 4 is 26.7 Å². The number of sulfonamides is 1. The summed E-state index contributed by atoms with van der Waals surface area (Å²) in [5.74, 6) is 0.427. The van der Waals surface area contributed by atoms with E-state index in [-0.39, 0.29) is 4.90 Å². The summed E-state index contributed by atoms with van der Waals surface area (Å²) in [5.41, 5.74) is 5.70. The Bertz CT molecular complexity index is 1330. The lowest BCUT2D eigenvalue weighted by atomic mass is 9.97. The van der Waals surface area contributed by atoms with Crippen LogP contribution in [0.2, 0.25) is 0 Å². The molecule has 0 fully saturated rings. The summed E-state index contributed by atoms with van der Waals surface area (Å²) in [6, 6.07) is 22.8. The minimum absolute atomic E-state index is 0.248. The Labute approximate surface area is 177 Å². The van der Waals surface area contributed by atoms with Crippen molar-refractivity contribution in [1.82, 2.24) is 4.98 Å². The van der Waals surface area contributed by atoms with Crippen LogP contribution in [0.25, 0.3) is 22.0 Å². The van der Waals surface area contributed by atoms with E-state index in [0.717, 1.165) is 38.7 Å². The number of hydrogen-bond acceptors (Lipinski definition) is 3. The average Bonchev–Trinajstić information content (AvgIpc) is 2.74. The third-order valence-electron chi connectivity index (χ3n) is 5.45. The number of aryl methyl sites for hydroxylation is 3. The summed E-state index contributed by atoms with van der Waals surface area (Å²) in [4.78, 5) is 5.04. The molecule has 0 saturated heterocycles. The van der Waals surface area contributed by atoms with Crippen LogP contribution in [-0.4, -0.2) is 20.4 Å². The van der Waals surface area contributed by atoms with Crippen molar-refractivity contribution < 1.29 is 8.42 Å². The fraction of sp³-hybridized carbons (Fsp3) is 0.160. The van der Waals surface area contributed by atoms with Gasteiger partial charge in [-0.2, -0.15) is 0 Å². The molecule has 4 nitrogen and oxygen atoms in total. The van der Waals surface area contributed by atoms with Crippen molar-refractivity contribution in [2.75, 3.05) is 11.4 Å². The Balaban J connectivity index is 1.98. The van der Waals surface area contributed by atoms with Crippen molar-refractivity contribution in [2.45, 2.75) is 25.7 Å². The molecule has 0 amide bonds. The molecular weight excluding hydrogens is 392 g/mol. The van der Waals surface area contributed by atoms with Gasteiger partial charge in [-0.25, -0.2) is 13.4 Å². The molecule has 4 aromatic rings. The smallest absolute Gasteiger partial charge is 0.252 e. The fourth-order valence-electron chi connectivity index (χ4n) is 3.64. The summed E-state index contributed by atoms with van der Waals surface area (Å²) in [6.45, 7) is 5.99. The average molecular weight is 417 g/mol. The van der Waals surface area contributed by atoms with Gasteiger partial charge in [0.2, 0.25) is 0 Å². The number of hydrogen-bond donors (Lipinski definition) is 0. The second-order valence-corrected chi connectivity index (χ2v) is 9.57. The van der Waals surface area contributed by atoms with E-state index < -0.39 is 10.0 Å². The van der Waals surface area contributed by atoms with E-state index in [4.69, 9.17) is 4.98 Å². The molecule has 5 heteroatoms. The first-order chi connectivity index (χ1) is 14.3. The summed E-state index contributed by atoms with van der Waals surface area (Å²) in [7, 11) is -2.19. The molecule has 0 spiro atoms. The van der Waals surface area contributed by atoms with E-state index in [9.17, 15) is 8.42 Å². The van der Waals surface area contributed by atoms with Crippen LogP contribution in [0.15, 0.2) is 77.7 Å². The molecule has 0 unspecified atom stereocenters. The van der Waals surface area contributed by atoms with Gasteiger partial charge in [-0.3, -0.25) is 4.31 Å². The lowest BCUT2D eigenvalue weighted by Crippen LogP contribution is -2.28. The predicted octanol–water partition coefficient (Wildman–Crippen LogP) is 5.65. The zero-order valence-corrected chi connectivity index (χ0v) is 18.4. The van der Waals surface area contributed by atoms with Gasteiger partial charge in [-0.05, 0) is 50.1 Å². The summed E-state index contributed by atoms with van der Waals surface area (Å²) in [6.07, 6.45) is 0. The quantitative estimate of drug-likeness (QED) is 0.432. The van der Waals surface area contributed by atoms with Gasteiger partial charge in [0, 0.05) is 18.0 Å². The Morgan fingerprint density at radius 2 is 1.33 bits per heavy atom. The number of rotatable bonds is 4. The fourth-order valence-corrected chi connectivity index (χ4v) is 4.79. The van der Waals surface area contributed by atoms with Gasteiger partial charge in [-0.15, -0.1) is 0 Å². The van der Waals surface area contributed by atoms with Crippen LogP contribution in [-0.2, 0) is 10.0 Å². The van der Waals surface area contributed by atoms with Crippen molar-refractivity contribution in [3.63, 3.8) is 0 Å². The Kier molecular flexibility index (Phi) is 5.08. The molecule has 3 aromatic carbocycles. The summed E-state index contributed by atoms with van der Waals surface area (Å²) < 4.78 is 28.1. The van der Waals surface area contributed by atoms with Crippen LogP contribution < -0.4 is 4.31 Å². The van der Waals surface area contributed by atoms with E-state index in [1.54, 1.807) is 31.3 Å². The van der Waals surface area contributed by atoms with E-state index in [2.05, 4.69) is 0 Å². The van der Waals surface area contributed by atoms with Gasteiger partial charge in [0.05, 0.1) is 10.4 Å². The highest BCUT2D eigenvalue weighted by molar-refractivity contribution is 7.92. The molecule has 0 saturated carbocycles. The Hall–Kier alpha value is -3.18. The zero-order chi connectivity index (χ0) is 21.5. The van der Waals surface area contributed by atoms with E-state index in [0.29, 0.717) is 5.82 Å². The van der Waals surface area contributed by atoms with Crippen molar-refractivity contribution in [3.8, 4) is 11.1 Å². The number of aromatic nitrogens is 1. The summed E-state index contributed by atoms with van der Waals surface area (Å²) >= 11 is 0. The highest BCUT2D eigenvalue weighted by atomic mass is 32.2. The molecule has 1 heterocycles. The Morgan fingerprint density at radius 3 is 1.97 bits per heavy atom. The number of nitrogens with zero attached hydrogens (tertiary/aromatic N) is 2. The molecule has 4 rings (SSSR count). The van der Waals surface area contributed by atoms with Gasteiger partial charge in [0.1, 0.15) is 0 Å². The second-order valence-electron chi connectivity index (χ2n) is 7.60. The van der Waals surface area contributed by atoms with Crippen molar-refractivity contribution in [2.24, 2.45) is 0 Å². The number of para-hydroxylation sites is 1. The van der Waals surface area contributed by atoms with Crippen LogP contribution in [0.3, 0.4) is 0 Å². The second kappa shape index (κ2) is 7.58. The lowest BCUT2D eigenvalue weighted by molar-refractivity contribution is 0.594. The van der Waals surface area contributed by atoms with Crippen LogP contribution in [0.5, 0.6) is 0 Å². The van der Waals surface area contributed by atoms with Crippen LogP contribution in [0.1, 0.15) is 16.7 Å². The maximum absolute atomic E-state index is 13.4. The first-order valence-corrected chi connectivity index (χ1v) is 11.2. The van der Waals surface area contributed by atoms with Crippen LogP contribution in [0, 0.1) is 20.8 Å². The largest absolute Gasteiger partial charge is 0.265 e. The normalized spacial score (nSPS) is 11.6. The van der Waals surface area contributed by atoms with Gasteiger partial charge in [-0.1, -0.05) is 65.7 Å². The van der Waals surface area contributed by atoms with Crippen molar-refractivity contribution in [3.05, 3.63) is 89.5 Å². The first kappa shape index (κ1) is 20.1. The highest BCUT2D eigenvalue weighted by Crippen LogP contribution is 2.38. The molecule has 0 atom stereocenters. The third kappa shape index (κ3) is 3.46. The standard InChI is InChI=1S/C25H24N2O2S/c1-17-9-13-20(14-10-17)24-19(3)22-7-5-6-8-23(22)26-25(24)27(4)30(28,29)21-15-11-18(2)12-16-21/h5-16H,1-4H3. The molecule has 0 N–H and O–H groups in total. The topological polar surface area (TPSA) is 50.3 Å². The molecule has 0 radical (unpaired) electrons. The highest BCUT2D eigenvalue weighted by Gasteiger charge is 2.26. The molecule has 0 bridgehead atoms. The van der Waals surface area contributed by atoms with Gasteiger partial charge in [0.25, 0.3) is 10.0 Å². The first-order valence-electron chi connectivity index (χ1n) is 9.81. The minimum Gasteiger partial charge on any atom is -0.252 e. The van der Waals surface area contributed by atoms with Crippen molar-refractivity contribution in [1.29, 1.82) is 0 Å². The molecule has 0 aliphatic carbocycles. The monoisotopic (exact) mass is 416 g/mol. The van der Waals surface area contributed by atoms with Gasteiger partial charge >= 0.3 is 0 Å². The molecule has 0 aliphatic heterocycles. The Morgan fingerprint density at radius 1 is 0.767 bits per heavy atom. The summed E-state index contributed by atoms with van der Waals surface area (Å²) in [5, 5.41) is 1.01. The molecular formula is C25H24N2O2S. The number of benzene rings is 3. The zero-order valence-electron chi connectivity index (χ0n) is 17.5. The molecule has 30 heavy (non-hydrogen) atoms. The maximum atomic E-state index is 13.4. The minimum atomic E-state index is -3.76. The molecule has 1 aromatic heterocycles. The van der Waals surface area contributed by atoms with Gasteiger partial charge in [0.15, 0.2) is 5.82 Å². The van der Waals surface area contributed by atoms with E-state index in [1.807, 2.05) is 69.3 Å². The number of fused-ring (bicyclic) bond motifs is 1. The van der Waals surface area contributed by atoms with Crippen LogP contribution >= 0.6 is 0 Å². The lowest BCUT2D eigenvalue weighted by Gasteiger charge is -2.24. The van der Waals surface area contributed by atoms with E-state index >= 15 is 0 Å². The SMILES string of the molecule is Cc1ccc(-c2c(N(C)S(=O)(=O)c3ccc(C)cc3)nc3ccccc3c2C)cc1. The maximum Gasteiger partial charge on any atom is 0.265 e.